The minimum atomic E-state index is -1.30. The maximum Gasteiger partial charge on any atom is 0.186 e. The van der Waals surface area contributed by atoms with Crippen LogP contribution in [0.15, 0.2) is 0 Å². The summed E-state index contributed by atoms with van der Waals surface area (Å²) >= 11 is 0. The summed E-state index contributed by atoms with van der Waals surface area (Å²) in [7, 11) is 0.904. The van der Waals surface area contributed by atoms with E-state index in [-0.39, 0.29) is 0 Å². The molecule has 0 saturated carbocycles. The molecule has 0 rings (SSSR count). The second kappa shape index (κ2) is 10.3. The first kappa shape index (κ1) is 23.8. The summed E-state index contributed by atoms with van der Waals surface area (Å²) in [5, 5.41) is 0. The third-order valence-electron chi connectivity index (χ3n) is 2.63. The van der Waals surface area contributed by atoms with Gasteiger partial charge in [-0.05, 0) is 33.2 Å². The average Bonchev–Trinajstić information content (AvgIpc) is 2.10. The van der Waals surface area contributed by atoms with Crippen molar-refractivity contribution in [1.82, 2.24) is 9.55 Å². The number of rotatable bonds is 8. The van der Waals surface area contributed by atoms with Crippen molar-refractivity contribution in [3.05, 3.63) is 0 Å². The number of hydrogen-bond acceptors (Lipinski definition) is 3. The molecule has 0 amide bonds. The predicted molar refractivity (Wildman–Crippen MR) is 107 cm³/mol. The average molecular weight is 351 g/mol. The van der Waals surface area contributed by atoms with Gasteiger partial charge in [0, 0.05) is 13.2 Å². The quantitative estimate of drug-likeness (QED) is 0.656. The van der Waals surface area contributed by atoms with Crippen molar-refractivity contribution in [3.8, 4) is 0 Å². The first-order valence-corrected chi connectivity index (χ1v) is 18.4. The second-order valence-electron chi connectivity index (χ2n) is 8.79. The van der Waals surface area contributed by atoms with Crippen LogP contribution in [0.4, 0.5) is 0 Å². The van der Waals surface area contributed by atoms with E-state index < -0.39 is 24.8 Å². The van der Waals surface area contributed by atoms with Crippen LogP contribution in [0.5, 0.6) is 0 Å². The summed E-state index contributed by atoms with van der Waals surface area (Å²) in [6, 6.07) is 1.28. The maximum absolute atomic E-state index is 5.88. The molecule has 1 N–H and O–H groups in total. The maximum atomic E-state index is 5.88. The first-order valence-electron chi connectivity index (χ1n) is 8.26. The Balaban J connectivity index is 0. The third-order valence-corrected chi connectivity index (χ3v) is 11.3. The minimum absolute atomic E-state index is 0.895. The van der Waals surface area contributed by atoms with E-state index in [1.165, 1.54) is 12.5 Å². The van der Waals surface area contributed by atoms with Crippen LogP contribution in [-0.2, 0) is 4.43 Å². The Morgan fingerprint density at radius 2 is 1.29 bits per heavy atom. The molecule has 0 bridgehead atoms. The molecule has 6 heteroatoms. The van der Waals surface area contributed by atoms with E-state index >= 15 is 0 Å². The second-order valence-corrected chi connectivity index (χ2v) is 23.1. The molecule has 0 aliphatic carbocycles. The van der Waals surface area contributed by atoms with Gasteiger partial charge < -0.3 is 14.0 Å². The zero-order valence-electron chi connectivity index (χ0n) is 16.7. The Bertz CT molecular complexity index is 247. The van der Waals surface area contributed by atoms with Gasteiger partial charge in [-0.15, -0.1) is 0 Å². The third kappa shape index (κ3) is 22.9. The lowest BCUT2D eigenvalue weighted by atomic mass is 10.6. The molecule has 0 spiro atoms. The zero-order valence-corrected chi connectivity index (χ0v) is 19.7. The number of likely N-dealkylation sites (N-methyl/N-ethyl adjacent to an activating group) is 1. The van der Waals surface area contributed by atoms with Crippen molar-refractivity contribution in [3.63, 3.8) is 0 Å². The van der Waals surface area contributed by atoms with Crippen molar-refractivity contribution >= 4 is 24.8 Å². The fourth-order valence-electron chi connectivity index (χ4n) is 2.30. The van der Waals surface area contributed by atoms with Gasteiger partial charge in [0.15, 0.2) is 8.32 Å². The van der Waals surface area contributed by atoms with Gasteiger partial charge in [-0.1, -0.05) is 52.6 Å². The van der Waals surface area contributed by atoms with Crippen molar-refractivity contribution < 1.29 is 4.43 Å². The fourth-order valence-corrected chi connectivity index (χ4v) is 13.3. The van der Waals surface area contributed by atoms with E-state index in [1.54, 1.807) is 0 Å². The lowest BCUT2D eigenvalue weighted by molar-refractivity contribution is 0.253. The van der Waals surface area contributed by atoms with E-state index in [0.29, 0.717) is 0 Å². The largest absolute Gasteiger partial charge is 0.416 e. The van der Waals surface area contributed by atoms with Gasteiger partial charge in [0.1, 0.15) is 16.5 Å². The highest BCUT2D eigenvalue weighted by molar-refractivity contribution is 6.90. The Labute approximate surface area is 138 Å². The van der Waals surface area contributed by atoms with Crippen LogP contribution >= 0.6 is 0 Å². The smallest absolute Gasteiger partial charge is 0.186 e. The van der Waals surface area contributed by atoms with Gasteiger partial charge in [0.2, 0.25) is 0 Å². The first-order chi connectivity index (χ1) is 9.18. The molecule has 0 aromatic heterocycles. The molecular formula is C15H42N2OSi3. The summed E-state index contributed by atoms with van der Waals surface area (Å²) in [6.45, 7) is 22.9. The normalized spacial score (nSPS) is 13.1. The van der Waals surface area contributed by atoms with Crippen LogP contribution in [0.3, 0.4) is 0 Å². The lowest BCUT2D eigenvalue weighted by Crippen LogP contribution is -2.55. The molecule has 130 valence electrons. The summed E-state index contributed by atoms with van der Waals surface area (Å²) in [5.74, 6) is 0. The topological polar surface area (TPSA) is 24.5 Å². The van der Waals surface area contributed by atoms with Gasteiger partial charge in [-0.25, -0.2) is 0 Å². The van der Waals surface area contributed by atoms with E-state index in [0.717, 1.165) is 13.2 Å². The van der Waals surface area contributed by atoms with Crippen LogP contribution in [-0.4, -0.2) is 56.9 Å². The zero-order chi connectivity index (χ0) is 17.3. The van der Waals surface area contributed by atoms with Gasteiger partial charge in [-0.2, -0.15) is 0 Å². The molecule has 0 aliphatic rings. The minimum Gasteiger partial charge on any atom is -0.416 e. The Kier molecular flexibility index (Phi) is 11.7. The number of hydrogen-bond donors (Lipinski definition) is 1. The SMILES string of the molecule is CCC[Si](C)(C)OCCN(C)C.C[Si](C)(C)N[Si](C)(C)C. The van der Waals surface area contributed by atoms with Crippen molar-refractivity contribution in [1.29, 1.82) is 0 Å². The highest BCUT2D eigenvalue weighted by Gasteiger charge is 2.22. The van der Waals surface area contributed by atoms with Gasteiger partial charge in [0.25, 0.3) is 0 Å². The lowest BCUT2D eigenvalue weighted by Gasteiger charge is -2.28. The van der Waals surface area contributed by atoms with Crippen LogP contribution in [0, 0.1) is 0 Å². The van der Waals surface area contributed by atoms with Gasteiger partial charge in [0.05, 0.1) is 0 Å². The number of nitrogens with zero attached hydrogens (tertiary/aromatic N) is 1. The molecule has 0 fully saturated rings. The molecule has 0 unspecified atom stereocenters. The molecule has 0 saturated heterocycles. The van der Waals surface area contributed by atoms with Crippen molar-refractivity contribution in [2.24, 2.45) is 0 Å². The Hall–Kier alpha value is 0.531. The molecule has 0 atom stereocenters. The molecule has 0 aliphatic heterocycles. The van der Waals surface area contributed by atoms with Gasteiger partial charge in [-0.3, -0.25) is 0 Å². The fraction of sp³-hybridized carbons (Fsp3) is 1.00. The standard InChI is InChI=1S/C9H23NOSi.C6H19NSi2/c1-6-9-12(4,5)11-8-7-10(2)3;1-8(2,3)7-9(4,5)6/h6-9H2,1-5H3;7H,1-6H3. The van der Waals surface area contributed by atoms with E-state index in [4.69, 9.17) is 4.43 Å². The highest BCUT2D eigenvalue weighted by Crippen LogP contribution is 2.12. The number of nitrogens with one attached hydrogen (secondary N) is 1. The molecule has 0 radical (unpaired) electrons. The molecule has 0 heterocycles. The van der Waals surface area contributed by atoms with Gasteiger partial charge >= 0.3 is 0 Å². The molecule has 0 aromatic rings. The molecule has 21 heavy (non-hydrogen) atoms. The summed E-state index contributed by atoms with van der Waals surface area (Å²) < 4.78 is 9.61. The summed E-state index contributed by atoms with van der Waals surface area (Å²) in [4.78, 5) is 2.16. The van der Waals surface area contributed by atoms with E-state index in [9.17, 15) is 0 Å². The van der Waals surface area contributed by atoms with Crippen molar-refractivity contribution in [2.75, 3.05) is 27.2 Å². The van der Waals surface area contributed by atoms with E-state index in [1.807, 2.05) is 0 Å². The molecule has 3 nitrogen and oxygen atoms in total. The van der Waals surface area contributed by atoms with Crippen LogP contribution in [0.1, 0.15) is 13.3 Å². The highest BCUT2D eigenvalue weighted by atomic mass is 28.4. The predicted octanol–water partition coefficient (Wildman–Crippen LogP) is 4.43. The Morgan fingerprint density at radius 1 is 0.857 bits per heavy atom. The van der Waals surface area contributed by atoms with Crippen LogP contribution < -0.4 is 4.65 Å². The van der Waals surface area contributed by atoms with E-state index in [2.05, 4.69) is 82.9 Å². The molecular weight excluding hydrogens is 308 g/mol. The summed E-state index contributed by atoms with van der Waals surface area (Å²) in [6.07, 6.45) is 1.25. The van der Waals surface area contributed by atoms with Crippen LogP contribution in [0.25, 0.3) is 0 Å². The monoisotopic (exact) mass is 350 g/mol. The Morgan fingerprint density at radius 3 is 1.52 bits per heavy atom. The molecule has 0 aromatic carbocycles. The van der Waals surface area contributed by atoms with Crippen molar-refractivity contribution in [2.45, 2.75) is 71.8 Å². The summed E-state index contributed by atoms with van der Waals surface area (Å²) in [5.41, 5.74) is 0. The van der Waals surface area contributed by atoms with Crippen LogP contribution in [0.2, 0.25) is 58.4 Å².